The summed E-state index contributed by atoms with van der Waals surface area (Å²) in [7, 11) is 2.17. The van der Waals surface area contributed by atoms with Gasteiger partial charge < -0.3 is 20.2 Å². The fourth-order valence-electron chi connectivity index (χ4n) is 3.93. The summed E-state index contributed by atoms with van der Waals surface area (Å²) < 4.78 is 0. The summed E-state index contributed by atoms with van der Waals surface area (Å²) in [6.07, 6.45) is 4.36. The highest BCUT2D eigenvalue weighted by Gasteiger charge is 2.30. The first kappa shape index (κ1) is 17.2. The smallest absolute Gasteiger partial charge is 0.318 e. The molecule has 1 unspecified atom stereocenters. The maximum absolute atomic E-state index is 12.6. The van der Waals surface area contributed by atoms with Gasteiger partial charge in [-0.05, 0) is 62.9 Å². The Morgan fingerprint density at radius 2 is 2.00 bits per heavy atom. The number of piperidine rings is 1. The predicted octanol–water partition coefficient (Wildman–Crippen LogP) is 2.02. The Labute approximate surface area is 144 Å². The minimum absolute atomic E-state index is 0.0284. The van der Waals surface area contributed by atoms with Crippen molar-refractivity contribution >= 4 is 6.03 Å². The molecule has 2 N–H and O–H groups in total. The molecule has 0 aliphatic carbocycles. The van der Waals surface area contributed by atoms with E-state index in [4.69, 9.17) is 0 Å². The van der Waals surface area contributed by atoms with Gasteiger partial charge in [0.15, 0.2) is 0 Å². The maximum atomic E-state index is 12.6. The number of rotatable bonds is 4. The minimum atomic E-state index is -0.224. The number of carbonyl (C=O) groups excluding carboxylic acids is 1. The van der Waals surface area contributed by atoms with Gasteiger partial charge in [0.05, 0.1) is 12.6 Å². The molecule has 2 heterocycles. The zero-order valence-corrected chi connectivity index (χ0v) is 14.6. The van der Waals surface area contributed by atoms with Crippen molar-refractivity contribution in [3.63, 3.8) is 0 Å². The number of nitrogens with zero attached hydrogens (tertiary/aromatic N) is 2. The highest BCUT2D eigenvalue weighted by Crippen LogP contribution is 2.29. The average molecular weight is 331 g/mol. The molecule has 1 saturated heterocycles. The summed E-state index contributed by atoms with van der Waals surface area (Å²) >= 11 is 0. The van der Waals surface area contributed by atoms with Crippen LogP contribution in [0.2, 0.25) is 0 Å². The molecule has 2 aliphatic rings. The molecule has 0 aromatic heterocycles. The maximum Gasteiger partial charge on any atom is 0.318 e. The van der Waals surface area contributed by atoms with E-state index in [1.54, 1.807) is 4.90 Å². The minimum Gasteiger partial charge on any atom is -0.394 e. The predicted molar refractivity (Wildman–Crippen MR) is 94.9 cm³/mol. The molecule has 5 heteroatoms. The number of likely N-dealkylation sites (tertiary alicyclic amines) is 1. The Balaban J connectivity index is 1.51. The molecular weight excluding hydrogens is 302 g/mol. The van der Waals surface area contributed by atoms with Gasteiger partial charge in [-0.25, -0.2) is 4.79 Å². The third kappa shape index (κ3) is 3.90. The van der Waals surface area contributed by atoms with Crippen LogP contribution in [0.15, 0.2) is 24.3 Å². The SMILES string of the molecule is CN1CCC(CCNC(=O)N2CCc3ccccc3C2CO)CC1. The molecule has 5 nitrogen and oxygen atoms in total. The Morgan fingerprint density at radius 3 is 2.75 bits per heavy atom. The van der Waals surface area contributed by atoms with Gasteiger partial charge in [0.25, 0.3) is 0 Å². The Bertz CT molecular complexity index is 555. The molecule has 1 aromatic carbocycles. The number of nitrogens with one attached hydrogen (secondary N) is 1. The second-order valence-corrected chi connectivity index (χ2v) is 7.11. The molecule has 1 aromatic rings. The molecular formula is C19H29N3O2. The van der Waals surface area contributed by atoms with Crippen LogP contribution in [0.25, 0.3) is 0 Å². The average Bonchev–Trinajstić information content (AvgIpc) is 2.62. The molecule has 0 spiro atoms. The number of hydrogen-bond acceptors (Lipinski definition) is 3. The van der Waals surface area contributed by atoms with Crippen molar-refractivity contribution in [3.8, 4) is 0 Å². The van der Waals surface area contributed by atoms with Crippen molar-refractivity contribution in [1.29, 1.82) is 0 Å². The molecule has 1 atom stereocenters. The third-order valence-electron chi connectivity index (χ3n) is 5.51. The van der Waals surface area contributed by atoms with Gasteiger partial charge in [-0.1, -0.05) is 24.3 Å². The van der Waals surface area contributed by atoms with Gasteiger partial charge in [0.2, 0.25) is 0 Å². The lowest BCUT2D eigenvalue weighted by molar-refractivity contribution is 0.126. The number of aliphatic hydroxyl groups is 1. The van der Waals surface area contributed by atoms with Crippen molar-refractivity contribution in [2.75, 3.05) is 39.8 Å². The molecule has 0 bridgehead atoms. The number of carbonyl (C=O) groups is 1. The van der Waals surface area contributed by atoms with Crippen LogP contribution in [-0.4, -0.2) is 60.8 Å². The van der Waals surface area contributed by atoms with E-state index in [2.05, 4.69) is 23.3 Å². The topological polar surface area (TPSA) is 55.8 Å². The van der Waals surface area contributed by atoms with Gasteiger partial charge >= 0.3 is 6.03 Å². The van der Waals surface area contributed by atoms with E-state index in [-0.39, 0.29) is 18.7 Å². The monoisotopic (exact) mass is 331 g/mol. The zero-order chi connectivity index (χ0) is 16.9. The van der Waals surface area contributed by atoms with E-state index in [1.807, 2.05) is 18.2 Å². The lowest BCUT2D eigenvalue weighted by atomic mass is 9.93. The van der Waals surface area contributed by atoms with Gasteiger partial charge in [0.1, 0.15) is 0 Å². The first-order valence-corrected chi connectivity index (χ1v) is 9.10. The van der Waals surface area contributed by atoms with Crippen molar-refractivity contribution in [2.45, 2.75) is 31.7 Å². The number of urea groups is 1. The Morgan fingerprint density at radius 1 is 1.25 bits per heavy atom. The van der Waals surface area contributed by atoms with Crippen molar-refractivity contribution in [3.05, 3.63) is 35.4 Å². The van der Waals surface area contributed by atoms with Gasteiger partial charge in [0, 0.05) is 13.1 Å². The Hall–Kier alpha value is -1.59. The summed E-state index contributed by atoms with van der Waals surface area (Å²) in [5.74, 6) is 0.720. The highest BCUT2D eigenvalue weighted by molar-refractivity contribution is 5.75. The first-order chi connectivity index (χ1) is 11.7. The molecule has 2 aliphatic heterocycles. The van der Waals surface area contributed by atoms with Crippen molar-refractivity contribution in [1.82, 2.24) is 15.1 Å². The Kier molecular flexibility index (Phi) is 5.74. The molecule has 132 valence electrons. The number of hydrogen-bond donors (Lipinski definition) is 2. The summed E-state index contributed by atoms with van der Waals surface area (Å²) in [5, 5.41) is 12.9. The summed E-state index contributed by atoms with van der Waals surface area (Å²) in [4.78, 5) is 16.7. The molecule has 0 radical (unpaired) electrons. The van der Waals surface area contributed by atoms with Gasteiger partial charge in [-0.2, -0.15) is 0 Å². The fourth-order valence-corrected chi connectivity index (χ4v) is 3.93. The van der Waals surface area contributed by atoms with Crippen LogP contribution in [0.4, 0.5) is 4.79 Å². The summed E-state index contributed by atoms with van der Waals surface area (Å²) in [6, 6.07) is 7.84. The van der Waals surface area contributed by atoms with E-state index in [0.29, 0.717) is 6.54 Å². The van der Waals surface area contributed by atoms with Crippen LogP contribution in [0.3, 0.4) is 0 Å². The second-order valence-electron chi connectivity index (χ2n) is 7.11. The van der Waals surface area contributed by atoms with E-state index in [0.717, 1.165) is 44.0 Å². The second kappa shape index (κ2) is 7.99. The number of fused-ring (bicyclic) bond motifs is 1. The largest absolute Gasteiger partial charge is 0.394 e. The van der Waals surface area contributed by atoms with Crippen LogP contribution in [-0.2, 0) is 6.42 Å². The van der Waals surface area contributed by atoms with E-state index in [1.165, 1.54) is 18.4 Å². The fraction of sp³-hybridized carbons (Fsp3) is 0.632. The third-order valence-corrected chi connectivity index (χ3v) is 5.51. The lowest BCUT2D eigenvalue weighted by Crippen LogP contribution is -2.47. The molecule has 24 heavy (non-hydrogen) atoms. The molecule has 1 fully saturated rings. The number of benzene rings is 1. The van der Waals surface area contributed by atoms with Crippen LogP contribution >= 0.6 is 0 Å². The molecule has 0 saturated carbocycles. The zero-order valence-electron chi connectivity index (χ0n) is 14.6. The van der Waals surface area contributed by atoms with Crippen LogP contribution < -0.4 is 5.32 Å². The quantitative estimate of drug-likeness (QED) is 0.887. The van der Waals surface area contributed by atoms with E-state index in [9.17, 15) is 9.90 Å². The van der Waals surface area contributed by atoms with E-state index >= 15 is 0 Å². The normalized spacial score (nSPS) is 22.2. The molecule has 3 rings (SSSR count). The van der Waals surface area contributed by atoms with Crippen molar-refractivity contribution in [2.24, 2.45) is 5.92 Å². The van der Waals surface area contributed by atoms with Crippen LogP contribution in [0.1, 0.15) is 36.4 Å². The van der Waals surface area contributed by atoms with Crippen LogP contribution in [0, 0.1) is 5.92 Å². The van der Waals surface area contributed by atoms with Crippen LogP contribution in [0.5, 0.6) is 0 Å². The first-order valence-electron chi connectivity index (χ1n) is 9.10. The van der Waals surface area contributed by atoms with Gasteiger partial charge in [-0.3, -0.25) is 0 Å². The van der Waals surface area contributed by atoms with Gasteiger partial charge in [-0.15, -0.1) is 0 Å². The number of amides is 2. The van der Waals surface area contributed by atoms with Crippen molar-refractivity contribution < 1.29 is 9.90 Å². The summed E-state index contributed by atoms with van der Waals surface area (Å²) in [6.45, 7) is 3.69. The summed E-state index contributed by atoms with van der Waals surface area (Å²) in [5.41, 5.74) is 2.32. The van der Waals surface area contributed by atoms with E-state index < -0.39 is 0 Å². The lowest BCUT2D eigenvalue weighted by Gasteiger charge is -2.36. The highest BCUT2D eigenvalue weighted by atomic mass is 16.3. The number of aliphatic hydroxyl groups excluding tert-OH is 1. The standard InChI is InChI=1S/C19H29N3O2/c1-21-11-7-15(8-12-21)6-10-20-19(24)22-13-9-16-4-2-3-5-17(16)18(22)14-23/h2-5,15,18,23H,6-14H2,1H3,(H,20,24). The molecule has 2 amide bonds.